The van der Waals surface area contributed by atoms with Crippen LogP contribution in [0.25, 0.3) is 11.2 Å². The number of rotatable bonds is 10. The van der Waals surface area contributed by atoms with E-state index in [4.69, 9.17) is 11.5 Å². The number of amides is 2. The van der Waals surface area contributed by atoms with Crippen LogP contribution in [0.1, 0.15) is 29.6 Å². The van der Waals surface area contributed by atoms with Crippen LogP contribution in [0.5, 0.6) is 0 Å². The van der Waals surface area contributed by atoms with Crippen LogP contribution >= 0.6 is 0 Å². The molecule has 0 saturated carbocycles. The summed E-state index contributed by atoms with van der Waals surface area (Å²) >= 11 is 0. The molecule has 0 spiro atoms. The van der Waals surface area contributed by atoms with Crippen molar-refractivity contribution in [2.45, 2.75) is 31.8 Å². The van der Waals surface area contributed by atoms with Crippen LogP contribution < -0.4 is 22.1 Å². The molecule has 1 atom stereocenters. The lowest BCUT2D eigenvalue weighted by Crippen LogP contribution is -2.34. The van der Waals surface area contributed by atoms with Gasteiger partial charge in [0.05, 0.1) is 6.33 Å². The van der Waals surface area contributed by atoms with Crippen LogP contribution in [-0.2, 0) is 11.3 Å². The van der Waals surface area contributed by atoms with E-state index in [-0.39, 0.29) is 24.3 Å². The van der Waals surface area contributed by atoms with E-state index in [2.05, 4.69) is 25.6 Å². The van der Waals surface area contributed by atoms with Gasteiger partial charge in [0.15, 0.2) is 11.5 Å². The molecule has 158 valence electrons. The number of aromatic nitrogens is 4. The zero-order valence-corrected chi connectivity index (χ0v) is 16.6. The molecule has 30 heavy (non-hydrogen) atoms. The number of nitrogens with zero attached hydrogens (tertiary/aromatic N) is 4. The van der Waals surface area contributed by atoms with Gasteiger partial charge in [-0.1, -0.05) is 18.2 Å². The molecule has 6 N–H and O–H groups in total. The fraction of sp³-hybridized carbons (Fsp3) is 0.350. The summed E-state index contributed by atoms with van der Waals surface area (Å²) in [6, 6.07) is 8.77. The molecule has 3 rings (SSSR count). The van der Waals surface area contributed by atoms with Crippen molar-refractivity contribution < 1.29 is 9.59 Å². The number of carbonyl (C=O) groups is 2. The monoisotopic (exact) mass is 410 g/mol. The van der Waals surface area contributed by atoms with E-state index in [1.165, 1.54) is 6.33 Å². The van der Waals surface area contributed by atoms with Gasteiger partial charge in [0.1, 0.15) is 11.8 Å². The quantitative estimate of drug-likeness (QED) is 0.354. The highest BCUT2D eigenvalue weighted by atomic mass is 16.2. The normalized spacial score (nSPS) is 11.9. The second kappa shape index (κ2) is 10.3. The molecule has 0 aliphatic carbocycles. The topological polar surface area (TPSA) is 154 Å². The molecule has 1 unspecified atom stereocenters. The van der Waals surface area contributed by atoms with Crippen LogP contribution in [0.15, 0.2) is 43.0 Å². The Morgan fingerprint density at radius 1 is 1.07 bits per heavy atom. The van der Waals surface area contributed by atoms with Crippen molar-refractivity contribution in [3.63, 3.8) is 0 Å². The van der Waals surface area contributed by atoms with E-state index >= 15 is 0 Å². The molecule has 0 bridgehead atoms. The summed E-state index contributed by atoms with van der Waals surface area (Å²) in [7, 11) is 0. The van der Waals surface area contributed by atoms with Gasteiger partial charge < -0.3 is 26.7 Å². The molecule has 0 fully saturated rings. The fourth-order valence-corrected chi connectivity index (χ4v) is 3.05. The molecule has 10 heteroatoms. The smallest absolute Gasteiger partial charge is 0.251 e. The molecule has 2 aromatic heterocycles. The number of nitrogen functional groups attached to an aromatic ring is 1. The molecule has 2 amide bonds. The van der Waals surface area contributed by atoms with Crippen LogP contribution in [0.4, 0.5) is 5.82 Å². The Bertz CT molecular complexity index is 989. The largest absolute Gasteiger partial charge is 0.382 e. The third-order valence-electron chi connectivity index (χ3n) is 4.63. The zero-order valence-electron chi connectivity index (χ0n) is 16.6. The number of benzene rings is 1. The third kappa shape index (κ3) is 5.74. The summed E-state index contributed by atoms with van der Waals surface area (Å²) in [5, 5.41) is 5.70. The molecule has 0 saturated heterocycles. The Hall–Kier alpha value is -3.53. The lowest BCUT2D eigenvalue weighted by atomic mass is 10.1. The molecule has 1 aromatic carbocycles. The second-order valence-corrected chi connectivity index (χ2v) is 6.95. The Labute approximate surface area is 174 Å². The first-order valence-electron chi connectivity index (χ1n) is 9.81. The highest BCUT2D eigenvalue weighted by Crippen LogP contribution is 2.13. The molecular weight excluding hydrogens is 384 g/mol. The first-order valence-corrected chi connectivity index (χ1v) is 9.81. The minimum atomic E-state index is -0.264. The minimum Gasteiger partial charge on any atom is -0.382 e. The second-order valence-electron chi connectivity index (χ2n) is 6.95. The van der Waals surface area contributed by atoms with E-state index in [1.807, 2.05) is 22.8 Å². The number of fused-ring (bicyclic) bond motifs is 1. The summed E-state index contributed by atoms with van der Waals surface area (Å²) in [5.74, 6) is 0.101. The highest BCUT2D eigenvalue weighted by Gasteiger charge is 2.11. The number of carbonyl (C=O) groups excluding carboxylic acids is 2. The summed E-state index contributed by atoms with van der Waals surface area (Å²) in [6.45, 7) is 1.45. The maximum Gasteiger partial charge on any atom is 0.251 e. The van der Waals surface area contributed by atoms with Gasteiger partial charge in [0.2, 0.25) is 5.91 Å². The molecule has 0 aliphatic heterocycles. The Morgan fingerprint density at radius 2 is 1.87 bits per heavy atom. The summed E-state index contributed by atoms with van der Waals surface area (Å²) in [5.41, 5.74) is 13.6. The van der Waals surface area contributed by atoms with Gasteiger partial charge in [0, 0.05) is 37.7 Å². The van der Waals surface area contributed by atoms with E-state index in [0.29, 0.717) is 55.0 Å². The maximum absolute atomic E-state index is 12.1. The highest BCUT2D eigenvalue weighted by molar-refractivity contribution is 5.94. The first kappa shape index (κ1) is 21.2. The fourth-order valence-electron chi connectivity index (χ4n) is 3.05. The van der Waals surface area contributed by atoms with Gasteiger partial charge in [-0.05, 0) is 25.0 Å². The van der Waals surface area contributed by atoms with Crippen LogP contribution in [0, 0.1) is 0 Å². The predicted molar refractivity (Wildman–Crippen MR) is 113 cm³/mol. The van der Waals surface area contributed by atoms with Gasteiger partial charge in [0.25, 0.3) is 5.91 Å². The van der Waals surface area contributed by atoms with Crippen molar-refractivity contribution >= 4 is 28.8 Å². The Morgan fingerprint density at radius 3 is 2.67 bits per heavy atom. The molecule has 3 aromatic rings. The number of imidazole rings is 1. The SMILES string of the molecule is Nc1ncnc2c1ncn2CCNC(=O)CC(N)CCCNC(=O)c1ccccc1. The molecular formula is C20H26N8O2. The van der Waals surface area contributed by atoms with E-state index in [0.717, 1.165) is 0 Å². The third-order valence-corrected chi connectivity index (χ3v) is 4.63. The van der Waals surface area contributed by atoms with Crippen molar-refractivity contribution in [2.75, 3.05) is 18.8 Å². The summed E-state index contributed by atoms with van der Waals surface area (Å²) in [6.07, 6.45) is 4.58. The number of anilines is 1. The number of hydrogen-bond acceptors (Lipinski definition) is 7. The molecule has 10 nitrogen and oxygen atoms in total. The predicted octanol–water partition coefficient (Wildman–Crippen LogP) is 0.452. The zero-order chi connectivity index (χ0) is 21.3. The lowest BCUT2D eigenvalue weighted by Gasteiger charge is -2.12. The minimum absolute atomic E-state index is 0.110. The Kier molecular flexibility index (Phi) is 7.28. The molecule has 0 aliphatic rings. The van der Waals surface area contributed by atoms with Crippen molar-refractivity contribution in [3.8, 4) is 0 Å². The van der Waals surface area contributed by atoms with Crippen molar-refractivity contribution in [2.24, 2.45) is 5.73 Å². The van der Waals surface area contributed by atoms with Crippen molar-refractivity contribution in [1.29, 1.82) is 0 Å². The average molecular weight is 410 g/mol. The summed E-state index contributed by atoms with van der Waals surface area (Å²) in [4.78, 5) is 36.3. The maximum atomic E-state index is 12.1. The van der Waals surface area contributed by atoms with Gasteiger partial charge in [-0.2, -0.15) is 0 Å². The van der Waals surface area contributed by atoms with E-state index in [1.54, 1.807) is 18.5 Å². The first-order chi connectivity index (χ1) is 14.5. The van der Waals surface area contributed by atoms with E-state index < -0.39 is 0 Å². The average Bonchev–Trinajstić information content (AvgIpc) is 3.16. The standard InChI is InChI=1S/C20H26N8O2/c21-15(7-4-8-24-20(30)14-5-2-1-3-6-14)11-16(29)23-9-10-28-13-27-17-18(22)25-12-26-19(17)28/h1-3,5-6,12-13,15H,4,7-11,21H2,(H,23,29)(H,24,30)(H2,22,25,26). The molecule has 0 radical (unpaired) electrons. The van der Waals surface area contributed by atoms with Gasteiger partial charge in [-0.15, -0.1) is 0 Å². The Balaban J connectivity index is 1.31. The number of nitrogens with one attached hydrogen (secondary N) is 2. The molecule has 2 heterocycles. The van der Waals surface area contributed by atoms with E-state index in [9.17, 15) is 9.59 Å². The lowest BCUT2D eigenvalue weighted by molar-refractivity contribution is -0.121. The van der Waals surface area contributed by atoms with Crippen LogP contribution in [0.3, 0.4) is 0 Å². The van der Waals surface area contributed by atoms with Gasteiger partial charge in [-0.25, -0.2) is 15.0 Å². The number of nitrogens with two attached hydrogens (primary N) is 2. The summed E-state index contributed by atoms with van der Waals surface area (Å²) < 4.78 is 1.81. The van der Waals surface area contributed by atoms with Crippen LogP contribution in [0.2, 0.25) is 0 Å². The van der Waals surface area contributed by atoms with Gasteiger partial charge >= 0.3 is 0 Å². The van der Waals surface area contributed by atoms with Crippen molar-refractivity contribution in [3.05, 3.63) is 48.5 Å². The van der Waals surface area contributed by atoms with Crippen LogP contribution in [-0.4, -0.2) is 50.5 Å². The van der Waals surface area contributed by atoms with Gasteiger partial charge in [-0.3, -0.25) is 9.59 Å². The number of hydrogen-bond donors (Lipinski definition) is 4. The van der Waals surface area contributed by atoms with Crippen molar-refractivity contribution in [1.82, 2.24) is 30.2 Å².